The van der Waals surface area contributed by atoms with E-state index in [1.807, 2.05) is 23.1 Å². The van der Waals surface area contributed by atoms with E-state index in [1.54, 1.807) is 24.5 Å². The molecule has 4 rings (SSSR count). The van der Waals surface area contributed by atoms with Gasteiger partial charge in [0.25, 0.3) is 0 Å². The second kappa shape index (κ2) is 11.7. The molecule has 1 N–H and O–H groups in total. The number of Topliss-reactive ketones (excluding diaryl/α,β-unsaturated/α-hetero) is 1. The van der Waals surface area contributed by atoms with Crippen molar-refractivity contribution in [2.24, 2.45) is 0 Å². The Labute approximate surface area is 201 Å². The van der Waals surface area contributed by atoms with E-state index in [2.05, 4.69) is 40.5 Å². The average molecular weight is 460 g/mol. The van der Waals surface area contributed by atoms with Crippen molar-refractivity contribution in [2.45, 2.75) is 45.2 Å². The van der Waals surface area contributed by atoms with Crippen LogP contribution in [0.2, 0.25) is 0 Å². The lowest BCUT2D eigenvalue weighted by Gasteiger charge is -2.38. The molecule has 0 radical (unpaired) electrons. The maximum Gasteiger partial charge on any atom is 0.322 e. The van der Waals surface area contributed by atoms with Gasteiger partial charge in [0.1, 0.15) is 5.76 Å². The summed E-state index contributed by atoms with van der Waals surface area (Å²) in [5, 5.41) is 2.99. The summed E-state index contributed by atoms with van der Waals surface area (Å²) in [6.07, 6.45) is 5.71. The van der Waals surface area contributed by atoms with Crippen molar-refractivity contribution in [1.29, 1.82) is 0 Å². The molecule has 0 saturated carbocycles. The number of hydrogen-bond acceptors (Lipinski definition) is 4. The van der Waals surface area contributed by atoms with Gasteiger partial charge in [0.15, 0.2) is 5.78 Å². The van der Waals surface area contributed by atoms with E-state index >= 15 is 0 Å². The van der Waals surface area contributed by atoms with Crippen LogP contribution < -0.4 is 5.32 Å². The van der Waals surface area contributed by atoms with E-state index < -0.39 is 0 Å². The quantitative estimate of drug-likeness (QED) is 0.422. The summed E-state index contributed by atoms with van der Waals surface area (Å²) < 4.78 is 5.55. The molecule has 178 valence electrons. The van der Waals surface area contributed by atoms with Gasteiger partial charge in [-0.1, -0.05) is 42.5 Å². The van der Waals surface area contributed by atoms with Crippen molar-refractivity contribution < 1.29 is 14.0 Å². The van der Waals surface area contributed by atoms with Crippen molar-refractivity contribution in [3.05, 3.63) is 89.9 Å². The Morgan fingerprint density at radius 2 is 1.82 bits per heavy atom. The third-order valence-corrected chi connectivity index (χ3v) is 6.47. The number of anilines is 1. The van der Waals surface area contributed by atoms with Crippen molar-refractivity contribution in [3.8, 4) is 0 Å². The summed E-state index contributed by atoms with van der Waals surface area (Å²) in [5.41, 5.74) is 2.59. The molecule has 1 fully saturated rings. The van der Waals surface area contributed by atoms with Gasteiger partial charge in [-0.2, -0.15) is 0 Å². The summed E-state index contributed by atoms with van der Waals surface area (Å²) in [4.78, 5) is 29.4. The second-order valence-electron chi connectivity index (χ2n) is 8.94. The summed E-state index contributed by atoms with van der Waals surface area (Å²) in [6, 6.07) is 21.4. The fraction of sp³-hybridized carbons (Fsp3) is 0.357. The summed E-state index contributed by atoms with van der Waals surface area (Å²) >= 11 is 0. The number of nitrogens with one attached hydrogen (secondary N) is 1. The average Bonchev–Trinajstić information content (AvgIpc) is 3.37. The number of nitrogens with zero attached hydrogens (tertiary/aromatic N) is 2. The highest BCUT2D eigenvalue weighted by molar-refractivity contribution is 5.96. The molecule has 1 aromatic heterocycles. The third kappa shape index (κ3) is 6.58. The number of carbonyl (C=O) groups excluding carboxylic acids is 2. The van der Waals surface area contributed by atoms with E-state index in [0.717, 1.165) is 51.1 Å². The zero-order valence-electron chi connectivity index (χ0n) is 19.8. The first kappa shape index (κ1) is 23.8. The number of furan rings is 1. The fourth-order valence-corrected chi connectivity index (χ4v) is 4.55. The summed E-state index contributed by atoms with van der Waals surface area (Å²) in [7, 11) is 0. The highest BCUT2D eigenvalue weighted by Crippen LogP contribution is 2.22. The lowest BCUT2D eigenvalue weighted by Crippen LogP contribution is -2.48. The maximum absolute atomic E-state index is 13.3. The molecule has 0 spiro atoms. The molecular formula is C28H33N3O3. The van der Waals surface area contributed by atoms with Crippen LogP contribution in [0.5, 0.6) is 0 Å². The van der Waals surface area contributed by atoms with E-state index in [0.29, 0.717) is 17.8 Å². The van der Waals surface area contributed by atoms with Gasteiger partial charge in [-0.15, -0.1) is 0 Å². The van der Waals surface area contributed by atoms with Crippen LogP contribution in [-0.4, -0.2) is 47.3 Å². The van der Waals surface area contributed by atoms with Crippen LogP contribution in [0.4, 0.5) is 10.5 Å². The Morgan fingerprint density at radius 1 is 1.03 bits per heavy atom. The first-order chi connectivity index (χ1) is 16.6. The molecule has 0 aliphatic carbocycles. The number of urea groups is 1. The number of amides is 2. The number of piperidine rings is 1. The highest BCUT2D eigenvalue weighted by Gasteiger charge is 2.29. The van der Waals surface area contributed by atoms with Gasteiger partial charge >= 0.3 is 6.03 Å². The molecule has 0 unspecified atom stereocenters. The summed E-state index contributed by atoms with van der Waals surface area (Å²) in [5.74, 6) is 0.737. The lowest BCUT2D eigenvalue weighted by molar-refractivity contribution is 0.101. The van der Waals surface area contributed by atoms with Crippen LogP contribution in [0.25, 0.3) is 0 Å². The van der Waals surface area contributed by atoms with Gasteiger partial charge in [0.05, 0.1) is 12.8 Å². The Morgan fingerprint density at radius 3 is 2.53 bits per heavy atom. The monoisotopic (exact) mass is 459 g/mol. The molecule has 34 heavy (non-hydrogen) atoms. The van der Waals surface area contributed by atoms with Gasteiger partial charge < -0.3 is 19.5 Å². The molecule has 2 amide bonds. The Hall–Kier alpha value is -3.38. The molecule has 0 atom stereocenters. The minimum atomic E-state index is -0.167. The normalized spacial score (nSPS) is 14.6. The number of benzene rings is 2. The minimum Gasteiger partial charge on any atom is -0.467 e. The number of rotatable bonds is 9. The van der Waals surface area contributed by atoms with Crippen LogP contribution in [0.15, 0.2) is 77.4 Å². The van der Waals surface area contributed by atoms with Crippen LogP contribution in [0.3, 0.4) is 0 Å². The van der Waals surface area contributed by atoms with Gasteiger partial charge in [0.2, 0.25) is 0 Å². The summed E-state index contributed by atoms with van der Waals surface area (Å²) in [6.45, 7) is 4.97. The standard InChI is InChI=1S/C28H33N3O3/c1-22(32)24-11-5-12-25(20-24)29-28(33)31(21-27-13-7-19-34-27)26-14-17-30(18-15-26)16-6-10-23-8-3-2-4-9-23/h2-5,7-9,11-13,19-20,26H,6,10,14-18,21H2,1H3,(H,29,33). The second-order valence-corrected chi connectivity index (χ2v) is 8.94. The van der Waals surface area contributed by atoms with E-state index in [1.165, 1.54) is 12.5 Å². The Kier molecular flexibility index (Phi) is 8.15. The molecular weight excluding hydrogens is 426 g/mol. The maximum atomic E-state index is 13.3. The van der Waals surface area contributed by atoms with Crippen LogP contribution in [-0.2, 0) is 13.0 Å². The molecule has 2 heterocycles. The third-order valence-electron chi connectivity index (χ3n) is 6.47. The Balaban J connectivity index is 1.35. The zero-order chi connectivity index (χ0) is 23.8. The van der Waals surface area contributed by atoms with Crippen molar-refractivity contribution in [1.82, 2.24) is 9.80 Å². The minimum absolute atomic E-state index is 0.0248. The van der Waals surface area contributed by atoms with Crippen LogP contribution >= 0.6 is 0 Å². The predicted molar refractivity (Wildman–Crippen MR) is 134 cm³/mol. The highest BCUT2D eigenvalue weighted by atomic mass is 16.3. The Bertz CT molecular complexity index is 1060. The molecule has 6 heteroatoms. The SMILES string of the molecule is CC(=O)c1cccc(NC(=O)N(Cc2ccco2)C2CCN(CCCc3ccccc3)CC2)c1. The molecule has 0 bridgehead atoms. The molecule has 3 aromatic rings. The van der Waals surface area contributed by atoms with Gasteiger partial charge in [0, 0.05) is 30.4 Å². The number of hydrogen-bond donors (Lipinski definition) is 1. The van der Waals surface area contributed by atoms with Gasteiger partial charge in [-0.25, -0.2) is 4.79 Å². The van der Waals surface area contributed by atoms with E-state index in [9.17, 15) is 9.59 Å². The van der Waals surface area contributed by atoms with Crippen molar-refractivity contribution in [3.63, 3.8) is 0 Å². The molecule has 1 aliphatic rings. The molecule has 6 nitrogen and oxygen atoms in total. The molecule has 2 aromatic carbocycles. The van der Waals surface area contributed by atoms with E-state index in [4.69, 9.17) is 4.42 Å². The first-order valence-corrected chi connectivity index (χ1v) is 12.1. The number of aryl methyl sites for hydroxylation is 1. The fourth-order valence-electron chi connectivity index (χ4n) is 4.55. The largest absolute Gasteiger partial charge is 0.467 e. The van der Waals surface area contributed by atoms with Crippen LogP contribution in [0.1, 0.15) is 47.9 Å². The lowest BCUT2D eigenvalue weighted by atomic mass is 10.0. The number of carbonyl (C=O) groups is 2. The predicted octanol–water partition coefficient (Wildman–Crippen LogP) is 5.61. The first-order valence-electron chi connectivity index (χ1n) is 12.1. The number of likely N-dealkylation sites (tertiary alicyclic amines) is 1. The molecule has 1 saturated heterocycles. The van der Waals surface area contributed by atoms with Crippen molar-refractivity contribution >= 4 is 17.5 Å². The number of ketones is 1. The van der Waals surface area contributed by atoms with E-state index in [-0.39, 0.29) is 17.9 Å². The van der Waals surface area contributed by atoms with Crippen molar-refractivity contribution in [2.75, 3.05) is 25.0 Å². The zero-order valence-corrected chi connectivity index (χ0v) is 19.8. The topological polar surface area (TPSA) is 65.8 Å². The smallest absolute Gasteiger partial charge is 0.322 e. The molecule has 1 aliphatic heterocycles. The van der Waals surface area contributed by atoms with Crippen LogP contribution in [0, 0.1) is 0 Å². The van der Waals surface area contributed by atoms with Gasteiger partial charge in [-0.3, -0.25) is 4.79 Å². The van der Waals surface area contributed by atoms with Gasteiger partial charge in [-0.05, 0) is 69.0 Å².